The number of nitrogens with zero attached hydrogens (tertiary/aromatic N) is 3. The van der Waals surface area contributed by atoms with E-state index < -0.39 is 6.10 Å². The summed E-state index contributed by atoms with van der Waals surface area (Å²) < 4.78 is 3.04. The summed E-state index contributed by atoms with van der Waals surface area (Å²) in [6, 6.07) is 7.90. The lowest BCUT2D eigenvalue weighted by molar-refractivity contribution is 0.173. The van der Waals surface area contributed by atoms with E-state index in [1.54, 1.807) is 6.33 Å². The highest BCUT2D eigenvalue weighted by molar-refractivity contribution is 14.1. The van der Waals surface area contributed by atoms with E-state index in [1.165, 1.54) is 0 Å². The number of aromatic nitrogens is 3. The van der Waals surface area contributed by atoms with E-state index in [9.17, 15) is 5.11 Å². The number of hydrogen-bond acceptors (Lipinski definition) is 3. The molecule has 0 fully saturated rings. The molecular weight excluding hydrogens is 353 g/mol. The maximum Gasteiger partial charge on any atom is 0.138 e. The minimum Gasteiger partial charge on any atom is -0.388 e. The van der Waals surface area contributed by atoms with Gasteiger partial charge < -0.3 is 5.11 Å². The Morgan fingerprint density at radius 3 is 2.58 bits per heavy atom. The van der Waals surface area contributed by atoms with Crippen molar-refractivity contribution in [3.63, 3.8) is 0 Å². The molecule has 1 atom stereocenters. The smallest absolute Gasteiger partial charge is 0.138 e. The van der Waals surface area contributed by atoms with Crippen LogP contribution in [0.1, 0.15) is 31.3 Å². The summed E-state index contributed by atoms with van der Waals surface area (Å²) >= 11 is 2.25. The summed E-state index contributed by atoms with van der Waals surface area (Å²) in [4.78, 5) is 4.24. The van der Waals surface area contributed by atoms with Crippen LogP contribution in [-0.2, 0) is 13.0 Å². The zero-order valence-electron chi connectivity index (χ0n) is 11.1. The molecule has 1 unspecified atom stereocenters. The van der Waals surface area contributed by atoms with Gasteiger partial charge in [0.15, 0.2) is 0 Å². The van der Waals surface area contributed by atoms with Crippen LogP contribution in [0.2, 0.25) is 0 Å². The molecule has 5 heteroatoms. The quantitative estimate of drug-likeness (QED) is 0.823. The van der Waals surface area contributed by atoms with Gasteiger partial charge in [-0.15, -0.1) is 0 Å². The predicted molar refractivity (Wildman–Crippen MR) is 82.7 cm³/mol. The highest BCUT2D eigenvalue weighted by Crippen LogP contribution is 2.18. The molecule has 1 heterocycles. The standard InChI is InChI=1S/C14H18IN3O/c1-10(2)8-18-14(16-9-17-18)7-13(19)11-3-5-12(15)6-4-11/h3-6,9-10,13,19H,7-8H2,1-2H3. The van der Waals surface area contributed by atoms with Gasteiger partial charge in [-0.05, 0) is 46.2 Å². The van der Waals surface area contributed by atoms with Crippen LogP contribution in [0.5, 0.6) is 0 Å². The van der Waals surface area contributed by atoms with Crippen LogP contribution in [0.3, 0.4) is 0 Å². The third kappa shape index (κ3) is 4.01. The average molecular weight is 371 g/mol. The molecule has 0 spiro atoms. The molecule has 0 aliphatic carbocycles. The van der Waals surface area contributed by atoms with Crippen LogP contribution >= 0.6 is 22.6 Å². The molecule has 0 aliphatic rings. The third-order valence-corrected chi connectivity index (χ3v) is 3.58. The first kappa shape index (κ1) is 14.5. The minimum absolute atomic E-state index is 0.493. The van der Waals surface area contributed by atoms with Gasteiger partial charge in [-0.25, -0.2) is 9.67 Å². The molecule has 2 rings (SSSR count). The summed E-state index contributed by atoms with van der Waals surface area (Å²) in [7, 11) is 0. The lowest BCUT2D eigenvalue weighted by atomic mass is 10.1. The molecular formula is C14H18IN3O. The number of hydrogen-bond donors (Lipinski definition) is 1. The molecule has 0 aliphatic heterocycles. The molecule has 0 saturated heterocycles. The van der Waals surface area contributed by atoms with E-state index in [-0.39, 0.29) is 0 Å². The van der Waals surface area contributed by atoms with Crippen LogP contribution in [0.25, 0.3) is 0 Å². The molecule has 4 nitrogen and oxygen atoms in total. The number of rotatable bonds is 5. The maximum absolute atomic E-state index is 10.3. The van der Waals surface area contributed by atoms with Crippen molar-refractivity contribution in [3.05, 3.63) is 45.6 Å². The Morgan fingerprint density at radius 1 is 1.26 bits per heavy atom. The summed E-state index contributed by atoms with van der Waals surface area (Å²) in [5, 5.41) is 14.5. The monoisotopic (exact) mass is 371 g/mol. The Bertz CT molecular complexity index is 522. The van der Waals surface area contributed by atoms with Crippen LogP contribution in [0, 0.1) is 9.49 Å². The van der Waals surface area contributed by atoms with E-state index in [1.807, 2.05) is 28.9 Å². The molecule has 1 aromatic heterocycles. The molecule has 0 radical (unpaired) electrons. The van der Waals surface area contributed by atoms with Gasteiger partial charge in [-0.2, -0.15) is 5.10 Å². The van der Waals surface area contributed by atoms with Gasteiger partial charge in [-0.3, -0.25) is 0 Å². The number of halogens is 1. The predicted octanol–water partition coefficient (Wildman–Crippen LogP) is 2.81. The fourth-order valence-corrected chi connectivity index (χ4v) is 2.28. The first-order chi connectivity index (χ1) is 9.06. The second-order valence-electron chi connectivity index (χ2n) is 5.02. The highest BCUT2D eigenvalue weighted by atomic mass is 127. The van der Waals surface area contributed by atoms with Gasteiger partial charge in [0, 0.05) is 16.5 Å². The number of aliphatic hydroxyl groups is 1. The lowest BCUT2D eigenvalue weighted by Crippen LogP contribution is -2.13. The Labute approximate surface area is 127 Å². The highest BCUT2D eigenvalue weighted by Gasteiger charge is 2.13. The molecule has 102 valence electrons. The average Bonchev–Trinajstić information content (AvgIpc) is 2.76. The summed E-state index contributed by atoms with van der Waals surface area (Å²) in [5.41, 5.74) is 0.916. The van der Waals surface area contributed by atoms with Crippen molar-refractivity contribution in [2.45, 2.75) is 32.9 Å². The maximum atomic E-state index is 10.3. The van der Waals surface area contributed by atoms with Gasteiger partial charge in [0.05, 0.1) is 6.10 Å². The van der Waals surface area contributed by atoms with Crippen molar-refractivity contribution in [2.24, 2.45) is 5.92 Å². The summed E-state index contributed by atoms with van der Waals surface area (Å²) in [6.07, 6.45) is 1.51. The number of aliphatic hydroxyl groups excluding tert-OH is 1. The van der Waals surface area contributed by atoms with Crippen LogP contribution < -0.4 is 0 Å². The van der Waals surface area contributed by atoms with Gasteiger partial charge in [0.1, 0.15) is 12.2 Å². The van der Waals surface area contributed by atoms with Crippen molar-refractivity contribution in [2.75, 3.05) is 0 Å². The van der Waals surface area contributed by atoms with Crippen molar-refractivity contribution in [3.8, 4) is 0 Å². The normalized spacial score (nSPS) is 12.9. The fraction of sp³-hybridized carbons (Fsp3) is 0.429. The largest absolute Gasteiger partial charge is 0.388 e. The Balaban J connectivity index is 2.08. The molecule has 2 aromatic rings. The van der Waals surface area contributed by atoms with Gasteiger partial charge in [0.2, 0.25) is 0 Å². The number of benzene rings is 1. The van der Waals surface area contributed by atoms with Crippen LogP contribution in [0.4, 0.5) is 0 Å². The minimum atomic E-state index is -0.535. The molecule has 0 saturated carbocycles. The van der Waals surface area contributed by atoms with Crippen LogP contribution in [0.15, 0.2) is 30.6 Å². The Kier molecular flexibility index (Phi) is 4.93. The fourth-order valence-electron chi connectivity index (χ4n) is 1.92. The van der Waals surface area contributed by atoms with Crippen molar-refractivity contribution in [1.29, 1.82) is 0 Å². The summed E-state index contributed by atoms with van der Waals surface area (Å²) in [5.74, 6) is 1.34. The molecule has 0 amide bonds. The zero-order valence-corrected chi connectivity index (χ0v) is 13.3. The Hall–Kier alpha value is -0.950. The molecule has 19 heavy (non-hydrogen) atoms. The first-order valence-electron chi connectivity index (χ1n) is 6.36. The van der Waals surface area contributed by atoms with E-state index in [0.29, 0.717) is 12.3 Å². The van der Waals surface area contributed by atoms with Crippen molar-refractivity contribution in [1.82, 2.24) is 14.8 Å². The van der Waals surface area contributed by atoms with Crippen LogP contribution in [-0.4, -0.2) is 19.9 Å². The van der Waals surface area contributed by atoms with E-state index in [0.717, 1.165) is 21.5 Å². The van der Waals surface area contributed by atoms with Gasteiger partial charge in [0.25, 0.3) is 0 Å². The molecule has 0 bridgehead atoms. The zero-order chi connectivity index (χ0) is 13.8. The Morgan fingerprint density at radius 2 is 1.95 bits per heavy atom. The molecule has 1 N–H and O–H groups in total. The molecule has 1 aromatic carbocycles. The van der Waals surface area contributed by atoms with Gasteiger partial charge in [-0.1, -0.05) is 26.0 Å². The van der Waals surface area contributed by atoms with E-state index in [4.69, 9.17) is 0 Å². The second kappa shape index (κ2) is 6.47. The van der Waals surface area contributed by atoms with E-state index in [2.05, 4.69) is 46.5 Å². The SMILES string of the molecule is CC(C)Cn1ncnc1CC(O)c1ccc(I)cc1. The van der Waals surface area contributed by atoms with Crippen molar-refractivity contribution >= 4 is 22.6 Å². The van der Waals surface area contributed by atoms with E-state index >= 15 is 0 Å². The van der Waals surface area contributed by atoms with Gasteiger partial charge >= 0.3 is 0 Å². The lowest BCUT2D eigenvalue weighted by Gasteiger charge is -2.13. The third-order valence-electron chi connectivity index (χ3n) is 2.86. The first-order valence-corrected chi connectivity index (χ1v) is 7.44. The second-order valence-corrected chi connectivity index (χ2v) is 6.27. The van der Waals surface area contributed by atoms with Crippen molar-refractivity contribution < 1.29 is 5.11 Å². The topological polar surface area (TPSA) is 50.9 Å². The summed E-state index contributed by atoms with van der Waals surface area (Å²) in [6.45, 7) is 5.11.